The molecular formula is C24H46O2. The Bertz CT molecular complexity index is 309. The summed E-state index contributed by atoms with van der Waals surface area (Å²) in [6.45, 7) is 5.11. The van der Waals surface area contributed by atoms with E-state index in [1.165, 1.54) is 89.9 Å². The van der Waals surface area contributed by atoms with Crippen molar-refractivity contribution >= 4 is 5.97 Å². The maximum absolute atomic E-state index is 11.7. The molecule has 0 aromatic heterocycles. The van der Waals surface area contributed by atoms with E-state index in [0.29, 0.717) is 13.0 Å². The quantitative estimate of drug-likeness (QED) is 0.123. The van der Waals surface area contributed by atoms with Gasteiger partial charge < -0.3 is 4.74 Å². The molecule has 26 heavy (non-hydrogen) atoms. The van der Waals surface area contributed by atoms with Crippen LogP contribution in [-0.4, -0.2) is 12.6 Å². The summed E-state index contributed by atoms with van der Waals surface area (Å²) in [6.07, 6.45) is 26.5. The molecule has 0 amide bonds. The highest BCUT2D eigenvalue weighted by Gasteiger charge is 2.02. The number of ether oxygens (including phenoxy) is 1. The first-order valence-corrected chi connectivity index (χ1v) is 11.6. The third kappa shape index (κ3) is 21.3. The lowest BCUT2D eigenvalue weighted by atomic mass is 10.1. The summed E-state index contributed by atoms with van der Waals surface area (Å²) in [5.74, 6) is 0.00630. The van der Waals surface area contributed by atoms with E-state index in [1.54, 1.807) is 0 Å². The molecule has 2 heteroatoms. The number of hydrogen-bond donors (Lipinski definition) is 0. The van der Waals surface area contributed by atoms with E-state index < -0.39 is 0 Å². The first-order chi connectivity index (χ1) is 12.8. The van der Waals surface area contributed by atoms with Crippen LogP contribution in [-0.2, 0) is 9.53 Å². The Morgan fingerprint density at radius 3 is 1.77 bits per heavy atom. The van der Waals surface area contributed by atoms with Gasteiger partial charge in [-0.1, -0.05) is 103 Å². The molecule has 0 saturated heterocycles. The Morgan fingerprint density at radius 2 is 1.12 bits per heavy atom. The van der Waals surface area contributed by atoms with Gasteiger partial charge in [-0.15, -0.1) is 0 Å². The lowest BCUT2D eigenvalue weighted by Gasteiger charge is -2.05. The highest BCUT2D eigenvalue weighted by Crippen LogP contribution is 2.10. The van der Waals surface area contributed by atoms with Crippen LogP contribution in [0, 0.1) is 0 Å². The molecule has 0 fully saturated rings. The molecule has 0 heterocycles. The minimum atomic E-state index is 0.00630. The predicted octanol–water partition coefficient (Wildman–Crippen LogP) is 8.15. The average molecular weight is 367 g/mol. The molecule has 0 spiro atoms. The van der Waals surface area contributed by atoms with Gasteiger partial charge in [0.25, 0.3) is 0 Å². The molecule has 0 unspecified atom stereocenters. The number of hydrogen-bond acceptors (Lipinski definition) is 2. The van der Waals surface area contributed by atoms with Crippen molar-refractivity contribution in [2.75, 3.05) is 6.61 Å². The van der Waals surface area contributed by atoms with Gasteiger partial charge >= 0.3 is 5.97 Å². The molecule has 0 aliphatic rings. The van der Waals surface area contributed by atoms with E-state index >= 15 is 0 Å². The molecule has 0 radical (unpaired) electrons. The van der Waals surface area contributed by atoms with Gasteiger partial charge in [0, 0.05) is 6.42 Å². The van der Waals surface area contributed by atoms with Crippen LogP contribution in [0.2, 0.25) is 0 Å². The van der Waals surface area contributed by atoms with E-state index in [2.05, 4.69) is 26.0 Å². The first-order valence-electron chi connectivity index (χ1n) is 11.6. The van der Waals surface area contributed by atoms with Crippen LogP contribution in [0.15, 0.2) is 12.2 Å². The van der Waals surface area contributed by atoms with Gasteiger partial charge in [-0.05, 0) is 32.1 Å². The molecule has 0 aliphatic heterocycles. The summed E-state index contributed by atoms with van der Waals surface area (Å²) in [7, 11) is 0. The molecular weight excluding hydrogens is 320 g/mol. The van der Waals surface area contributed by atoms with E-state index in [-0.39, 0.29) is 5.97 Å². The molecule has 0 N–H and O–H groups in total. The number of allylic oxidation sites excluding steroid dienone is 2. The van der Waals surface area contributed by atoms with Crippen molar-refractivity contribution in [3.63, 3.8) is 0 Å². The second kappa shape index (κ2) is 22.3. The average Bonchev–Trinajstić information content (AvgIpc) is 2.64. The summed E-state index contributed by atoms with van der Waals surface area (Å²) in [4.78, 5) is 11.7. The summed E-state index contributed by atoms with van der Waals surface area (Å²) in [5.41, 5.74) is 0. The van der Waals surface area contributed by atoms with Gasteiger partial charge in [0.15, 0.2) is 0 Å². The smallest absolute Gasteiger partial charge is 0.305 e. The van der Waals surface area contributed by atoms with Crippen LogP contribution in [0.1, 0.15) is 129 Å². The lowest BCUT2D eigenvalue weighted by molar-refractivity contribution is -0.143. The largest absolute Gasteiger partial charge is 0.466 e. The van der Waals surface area contributed by atoms with Crippen LogP contribution in [0.4, 0.5) is 0 Å². The molecule has 0 aromatic rings. The second-order valence-electron chi connectivity index (χ2n) is 7.62. The zero-order valence-electron chi connectivity index (χ0n) is 17.9. The fourth-order valence-electron chi connectivity index (χ4n) is 3.11. The highest BCUT2D eigenvalue weighted by atomic mass is 16.5. The Kier molecular flexibility index (Phi) is 21.6. The Labute approximate surface area is 164 Å². The fraction of sp³-hybridized carbons (Fsp3) is 0.875. The van der Waals surface area contributed by atoms with Crippen LogP contribution in [0.5, 0.6) is 0 Å². The Morgan fingerprint density at radius 1 is 0.615 bits per heavy atom. The molecule has 0 aromatic carbocycles. The van der Waals surface area contributed by atoms with E-state index in [9.17, 15) is 4.79 Å². The minimum Gasteiger partial charge on any atom is -0.466 e. The third-order valence-corrected chi connectivity index (χ3v) is 4.90. The van der Waals surface area contributed by atoms with E-state index in [0.717, 1.165) is 19.3 Å². The van der Waals surface area contributed by atoms with Crippen LogP contribution >= 0.6 is 0 Å². The number of esters is 1. The van der Waals surface area contributed by atoms with E-state index in [1.807, 2.05) is 0 Å². The second-order valence-corrected chi connectivity index (χ2v) is 7.62. The fourth-order valence-corrected chi connectivity index (χ4v) is 3.11. The molecule has 154 valence electrons. The van der Waals surface area contributed by atoms with Crippen molar-refractivity contribution in [3.05, 3.63) is 12.2 Å². The van der Waals surface area contributed by atoms with Crippen molar-refractivity contribution in [2.24, 2.45) is 0 Å². The summed E-state index contributed by atoms with van der Waals surface area (Å²) in [5, 5.41) is 0. The van der Waals surface area contributed by atoms with E-state index in [4.69, 9.17) is 4.74 Å². The summed E-state index contributed by atoms with van der Waals surface area (Å²) >= 11 is 0. The zero-order chi connectivity index (χ0) is 19.1. The highest BCUT2D eigenvalue weighted by molar-refractivity contribution is 5.69. The van der Waals surface area contributed by atoms with Gasteiger partial charge in [-0.2, -0.15) is 0 Å². The lowest BCUT2D eigenvalue weighted by Crippen LogP contribution is -2.05. The first kappa shape index (κ1) is 25.2. The van der Waals surface area contributed by atoms with Crippen LogP contribution < -0.4 is 0 Å². The van der Waals surface area contributed by atoms with Crippen molar-refractivity contribution in [1.82, 2.24) is 0 Å². The Hall–Kier alpha value is -0.790. The van der Waals surface area contributed by atoms with Gasteiger partial charge in [-0.25, -0.2) is 0 Å². The van der Waals surface area contributed by atoms with Gasteiger partial charge in [-0.3, -0.25) is 4.79 Å². The number of carbonyl (C=O) groups excluding carboxylic acids is 1. The van der Waals surface area contributed by atoms with Crippen LogP contribution in [0.3, 0.4) is 0 Å². The van der Waals surface area contributed by atoms with Crippen LogP contribution in [0.25, 0.3) is 0 Å². The summed E-state index contributed by atoms with van der Waals surface area (Å²) in [6, 6.07) is 0. The van der Waals surface area contributed by atoms with Gasteiger partial charge in [0.1, 0.15) is 0 Å². The third-order valence-electron chi connectivity index (χ3n) is 4.90. The molecule has 0 saturated carbocycles. The molecule has 0 atom stereocenters. The molecule has 0 rings (SSSR count). The summed E-state index contributed by atoms with van der Waals surface area (Å²) < 4.78 is 5.33. The maximum atomic E-state index is 11.7. The van der Waals surface area contributed by atoms with Gasteiger partial charge in [0.05, 0.1) is 6.61 Å². The standard InChI is InChI=1S/C24H46O2/c1-3-5-7-9-11-13-14-15-16-18-20-22-24(25)26-23-21-19-17-12-10-8-6-4-2/h9,11H,3-8,10,12-23H2,1-2H3. The normalized spacial score (nSPS) is 11.3. The molecule has 0 aliphatic carbocycles. The van der Waals surface area contributed by atoms with Gasteiger partial charge in [0.2, 0.25) is 0 Å². The van der Waals surface area contributed by atoms with Crippen molar-refractivity contribution in [2.45, 2.75) is 129 Å². The zero-order valence-corrected chi connectivity index (χ0v) is 17.9. The monoisotopic (exact) mass is 366 g/mol. The van der Waals surface area contributed by atoms with Crippen molar-refractivity contribution in [1.29, 1.82) is 0 Å². The molecule has 0 bridgehead atoms. The molecule has 2 nitrogen and oxygen atoms in total. The van der Waals surface area contributed by atoms with Crippen molar-refractivity contribution < 1.29 is 9.53 Å². The maximum Gasteiger partial charge on any atom is 0.305 e. The number of rotatable bonds is 20. The number of unbranched alkanes of at least 4 members (excludes halogenated alkanes) is 14. The number of carbonyl (C=O) groups is 1. The minimum absolute atomic E-state index is 0.00630. The Balaban J connectivity index is 3.19. The predicted molar refractivity (Wildman–Crippen MR) is 115 cm³/mol. The topological polar surface area (TPSA) is 26.3 Å². The van der Waals surface area contributed by atoms with Crippen molar-refractivity contribution in [3.8, 4) is 0 Å². The SMILES string of the molecule is CCCCC=CCCCCCCCC(=O)OCCCCCCCCCC.